The Kier molecular flexibility index (Phi) is 5.41. The number of aromatic nitrogens is 3. The average molecular weight is 502 g/mol. The third kappa shape index (κ3) is 4.40. The standard InChI is InChI=1S/C28H28FN5O3/c1-28(2,30)18-10-22(16-4-7-19(29)8-5-16)31-24(11-18)37-26-20-13-34(14-21(20)26)27(35)17-6-9-23-32-25(36-3)15-33(23)12-17/h4-12,15,20-21,26H,13-14,30H2,1-3H3/t20-,21+,26?. The van der Waals surface area contributed by atoms with Crippen LogP contribution in [0.5, 0.6) is 11.8 Å². The molecule has 1 aliphatic carbocycles. The molecule has 3 aromatic heterocycles. The first-order valence-electron chi connectivity index (χ1n) is 12.3. The zero-order valence-corrected chi connectivity index (χ0v) is 20.9. The maximum absolute atomic E-state index is 13.4. The van der Waals surface area contributed by atoms with E-state index in [1.165, 1.54) is 12.1 Å². The summed E-state index contributed by atoms with van der Waals surface area (Å²) in [4.78, 5) is 24.0. The van der Waals surface area contributed by atoms with Gasteiger partial charge in [0.05, 0.1) is 24.6 Å². The highest BCUT2D eigenvalue weighted by Crippen LogP contribution is 2.48. The minimum atomic E-state index is -0.598. The molecule has 0 bridgehead atoms. The fourth-order valence-corrected chi connectivity index (χ4v) is 5.03. The summed E-state index contributed by atoms with van der Waals surface area (Å²) in [6.45, 7) is 5.11. The molecule has 1 saturated heterocycles. The number of pyridine rings is 2. The van der Waals surface area contributed by atoms with Crippen LogP contribution < -0.4 is 15.2 Å². The van der Waals surface area contributed by atoms with E-state index in [0.29, 0.717) is 36.1 Å². The van der Waals surface area contributed by atoms with Crippen LogP contribution in [-0.4, -0.2) is 51.5 Å². The van der Waals surface area contributed by atoms with Crippen LogP contribution in [0.15, 0.2) is 60.9 Å². The maximum Gasteiger partial charge on any atom is 0.255 e. The summed E-state index contributed by atoms with van der Waals surface area (Å²) in [7, 11) is 1.56. The second-order valence-electron chi connectivity index (χ2n) is 10.4. The Bertz CT molecular complexity index is 1480. The van der Waals surface area contributed by atoms with Crippen LogP contribution in [0, 0.1) is 17.7 Å². The molecule has 0 spiro atoms. The van der Waals surface area contributed by atoms with E-state index >= 15 is 0 Å². The predicted molar refractivity (Wildman–Crippen MR) is 136 cm³/mol. The van der Waals surface area contributed by atoms with Gasteiger partial charge in [0.25, 0.3) is 5.91 Å². The third-order valence-electron chi connectivity index (χ3n) is 7.23. The van der Waals surface area contributed by atoms with Gasteiger partial charge in [-0.15, -0.1) is 0 Å². The molecule has 190 valence electrons. The quantitative estimate of drug-likeness (QED) is 0.431. The van der Waals surface area contributed by atoms with E-state index in [1.807, 2.05) is 36.9 Å². The van der Waals surface area contributed by atoms with Gasteiger partial charge in [0.2, 0.25) is 11.8 Å². The lowest BCUT2D eigenvalue weighted by Gasteiger charge is -2.22. The number of likely N-dealkylation sites (tertiary alicyclic amines) is 1. The van der Waals surface area contributed by atoms with Crippen LogP contribution in [0.2, 0.25) is 0 Å². The number of nitrogens with two attached hydrogens (primary N) is 1. The van der Waals surface area contributed by atoms with E-state index in [0.717, 1.165) is 16.8 Å². The lowest BCUT2D eigenvalue weighted by atomic mass is 9.95. The molecular formula is C28H28FN5O3. The molecule has 3 atom stereocenters. The molecule has 4 heterocycles. The maximum atomic E-state index is 13.4. The first-order chi connectivity index (χ1) is 17.7. The SMILES string of the molecule is COc1cn2cc(C(=O)N3C[C@@H]4C(Oc5cc(C(C)(C)N)cc(-c6ccc(F)cc6)n5)[C@@H]4C3)ccc2n1. The highest BCUT2D eigenvalue weighted by molar-refractivity contribution is 5.94. The van der Waals surface area contributed by atoms with Crippen molar-refractivity contribution < 1.29 is 18.7 Å². The van der Waals surface area contributed by atoms with Gasteiger partial charge < -0.3 is 24.5 Å². The molecule has 1 amide bonds. The van der Waals surface area contributed by atoms with Crippen LogP contribution in [0.25, 0.3) is 16.9 Å². The fourth-order valence-electron chi connectivity index (χ4n) is 5.03. The average Bonchev–Trinajstić information content (AvgIpc) is 3.22. The number of piperidine rings is 1. The van der Waals surface area contributed by atoms with Gasteiger partial charge in [-0.25, -0.2) is 9.37 Å². The van der Waals surface area contributed by atoms with Gasteiger partial charge >= 0.3 is 0 Å². The summed E-state index contributed by atoms with van der Waals surface area (Å²) in [5.41, 5.74) is 9.47. The summed E-state index contributed by atoms with van der Waals surface area (Å²) in [6.07, 6.45) is 3.53. The minimum Gasteiger partial charge on any atom is -0.480 e. The predicted octanol–water partition coefficient (Wildman–Crippen LogP) is 3.89. The third-order valence-corrected chi connectivity index (χ3v) is 7.23. The molecule has 0 radical (unpaired) electrons. The first kappa shape index (κ1) is 23.4. The van der Waals surface area contributed by atoms with Gasteiger partial charge in [0.1, 0.15) is 17.6 Å². The number of carbonyl (C=O) groups is 1. The van der Waals surface area contributed by atoms with Crippen LogP contribution in [-0.2, 0) is 5.54 Å². The molecule has 9 heteroatoms. The van der Waals surface area contributed by atoms with Crippen molar-refractivity contribution in [3.63, 3.8) is 0 Å². The number of amides is 1. The molecule has 8 nitrogen and oxygen atoms in total. The van der Waals surface area contributed by atoms with Crippen LogP contribution in [0.1, 0.15) is 29.8 Å². The zero-order valence-electron chi connectivity index (χ0n) is 20.9. The molecule has 2 N–H and O–H groups in total. The highest BCUT2D eigenvalue weighted by atomic mass is 19.1. The van der Waals surface area contributed by atoms with Crippen LogP contribution in [0.4, 0.5) is 4.39 Å². The molecule has 1 aromatic carbocycles. The lowest BCUT2D eigenvalue weighted by Crippen LogP contribution is -2.33. The Labute approximate surface area is 213 Å². The van der Waals surface area contributed by atoms with E-state index < -0.39 is 5.54 Å². The number of imidazole rings is 1. The molecule has 37 heavy (non-hydrogen) atoms. The minimum absolute atomic E-state index is 0.00542. The number of halogens is 1. The second-order valence-corrected chi connectivity index (χ2v) is 10.4. The van der Waals surface area contributed by atoms with Crippen molar-refractivity contribution in [2.75, 3.05) is 20.2 Å². The molecule has 6 rings (SSSR count). The summed E-state index contributed by atoms with van der Waals surface area (Å²) >= 11 is 0. The number of benzene rings is 1. The smallest absolute Gasteiger partial charge is 0.255 e. The van der Waals surface area contributed by atoms with Crippen molar-refractivity contribution in [3.05, 3.63) is 77.9 Å². The van der Waals surface area contributed by atoms with Gasteiger partial charge in [-0.2, -0.15) is 4.98 Å². The number of fused-ring (bicyclic) bond motifs is 2. The highest BCUT2D eigenvalue weighted by Gasteiger charge is 2.59. The van der Waals surface area contributed by atoms with E-state index in [4.69, 9.17) is 20.2 Å². The summed E-state index contributed by atoms with van der Waals surface area (Å²) in [5, 5.41) is 0. The number of methoxy groups -OCH3 is 1. The Morgan fingerprint density at radius 1 is 1.03 bits per heavy atom. The molecule has 2 fully saturated rings. The molecule has 2 aliphatic rings. The van der Waals surface area contributed by atoms with Gasteiger partial charge in [-0.1, -0.05) is 0 Å². The van der Waals surface area contributed by atoms with Crippen LogP contribution >= 0.6 is 0 Å². The van der Waals surface area contributed by atoms with Crippen molar-refractivity contribution in [1.82, 2.24) is 19.3 Å². The van der Waals surface area contributed by atoms with E-state index in [-0.39, 0.29) is 29.7 Å². The Hall–Kier alpha value is -3.98. The van der Waals surface area contributed by atoms with Crippen molar-refractivity contribution >= 4 is 11.6 Å². The molecule has 1 aliphatic heterocycles. The summed E-state index contributed by atoms with van der Waals surface area (Å²) in [5.74, 6) is 1.20. The van der Waals surface area contributed by atoms with Crippen molar-refractivity contribution in [2.24, 2.45) is 17.6 Å². The molecular weight excluding hydrogens is 473 g/mol. The Morgan fingerprint density at radius 3 is 2.43 bits per heavy atom. The van der Waals surface area contributed by atoms with Crippen molar-refractivity contribution in [3.8, 4) is 23.0 Å². The Balaban J connectivity index is 1.16. The van der Waals surface area contributed by atoms with Gasteiger partial charge in [0.15, 0.2) is 0 Å². The van der Waals surface area contributed by atoms with Crippen molar-refractivity contribution in [2.45, 2.75) is 25.5 Å². The zero-order chi connectivity index (χ0) is 25.9. The number of hydrogen-bond donors (Lipinski definition) is 1. The van der Waals surface area contributed by atoms with E-state index in [9.17, 15) is 9.18 Å². The van der Waals surface area contributed by atoms with Crippen molar-refractivity contribution in [1.29, 1.82) is 0 Å². The number of rotatable bonds is 6. The largest absolute Gasteiger partial charge is 0.480 e. The van der Waals surface area contributed by atoms with E-state index in [2.05, 4.69) is 4.98 Å². The molecule has 1 saturated carbocycles. The van der Waals surface area contributed by atoms with Gasteiger partial charge in [-0.05, 0) is 61.9 Å². The van der Waals surface area contributed by atoms with Gasteiger partial charge in [0, 0.05) is 48.3 Å². The molecule has 1 unspecified atom stereocenters. The first-order valence-corrected chi connectivity index (χ1v) is 12.3. The number of nitrogens with zero attached hydrogens (tertiary/aromatic N) is 4. The fraction of sp³-hybridized carbons (Fsp3) is 0.321. The van der Waals surface area contributed by atoms with Gasteiger partial charge in [-0.3, -0.25) is 4.79 Å². The van der Waals surface area contributed by atoms with Crippen LogP contribution in [0.3, 0.4) is 0 Å². The monoisotopic (exact) mass is 501 g/mol. The summed E-state index contributed by atoms with van der Waals surface area (Å²) in [6, 6.07) is 13.6. The normalized spacial score (nSPS) is 20.7. The number of ether oxygens (including phenoxy) is 2. The second kappa shape index (κ2) is 8.55. The van der Waals surface area contributed by atoms with E-state index in [1.54, 1.807) is 42.1 Å². The number of hydrogen-bond acceptors (Lipinski definition) is 6. The summed E-state index contributed by atoms with van der Waals surface area (Å²) < 4.78 is 26.7. The molecule has 4 aromatic rings. The number of carbonyl (C=O) groups excluding carboxylic acids is 1. The topological polar surface area (TPSA) is 95.0 Å². The lowest BCUT2D eigenvalue weighted by molar-refractivity contribution is 0.0751. The Morgan fingerprint density at radius 2 is 1.76 bits per heavy atom.